The second-order valence-electron chi connectivity index (χ2n) is 8.98. The van der Waals surface area contributed by atoms with Gasteiger partial charge in [-0.15, -0.1) is 0 Å². The zero-order chi connectivity index (χ0) is 22.3. The van der Waals surface area contributed by atoms with E-state index in [-0.39, 0.29) is 22.0 Å². The summed E-state index contributed by atoms with van der Waals surface area (Å²) in [7, 11) is 1.84. The molecule has 31 heavy (non-hydrogen) atoms. The minimum absolute atomic E-state index is 0.0867. The van der Waals surface area contributed by atoms with Gasteiger partial charge in [-0.3, -0.25) is 4.79 Å². The lowest BCUT2D eigenvalue weighted by Crippen LogP contribution is -2.39. The number of amides is 1. The zero-order valence-electron chi connectivity index (χ0n) is 17.7. The molecule has 0 bridgehead atoms. The molecule has 0 spiro atoms. The molecule has 4 rings (SSSR count). The third-order valence-electron chi connectivity index (χ3n) is 6.06. The van der Waals surface area contributed by atoms with Crippen LogP contribution in [0.5, 0.6) is 0 Å². The Hall–Kier alpha value is -2.31. The van der Waals surface area contributed by atoms with Crippen LogP contribution in [0.2, 0.25) is 10.0 Å². The molecule has 2 aromatic carbocycles. The van der Waals surface area contributed by atoms with Crippen LogP contribution in [0.3, 0.4) is 0 Å². The van der Waals surface area contributed by atoms with Gasteiger partial charge in [0, 0.05) is 18.7 Å². The lowest BCUT2D eigenvalue weighted by atomic mass is 9.75. The summed E-state index contributed by atoms with van der Waals surface area (Å²) in [6, 6.07) is 8.02. The highest BCUT2D eigenvalue weighted by Crippen LogP contribution is 2.36. The SMILES string of the molecule is Cn1c(Nc2c(Cl)cc(F)cc2Cl)nc2cc(C(=O)NC3CCC(C)(C)CC3)ccc21. The molecule has 1 fully saturated rings. The summed E-state index contributed by atoms with van der Waals surface area (Å²) in [6.07, 6.45) is 4.22. The lowest BCUT2D eigenvalue weighted by Gasteiger charge is -2.34. The maximum atomic E-state index is 13.5. The lowest BCUT2D eigenvalue weighted by molar-refractivity contribution is 0.0909. The molecule has 0 radical (unpaired) electrons. The number of rotatable bonds is 4. The number of nitrogens with one attached hydrogen (secondary N) is 2. The number of nitrogens with zero attached hydrogens (tertiary/aromatic N) is 2. The van der Waals surface area contributed by atoms with E-state index in [9.17, 15) is 9.18 Å². The number of halogens is 3. The molecule has 1 heterocycles. The summed E-state index contributed by atoms with van der Waals surface area (Å²) in [6.45, 7) is 4.55. The Kier molecular flexibility index (Phi) is 5.88. The van der Waals surface area contributed by atoms with Crippen LogP contribution < -0.4 is 10.6 Å². The standard InChI is InChI=1S/C23H25Cl2FN4O/c1-23(2)8-6-15(7-9-23)27-21(31)13-4-5-19-18(10-13)28-22(30(19)3)29-20-16(24)11-14(26)12-17(20)25/h4-5,10-12,15H,6-9H2,1-3H3,(H,27,31)(H,28,29). The van der Waals surface area contributed by atoms with Crippen LogP contribution in [-0.4, -0.2) is 21.5 Å². The molecule has 1 aliphatic carbocycles. The van der Waals surface area contributed by atoms with Crippen molar-refractivity contribution in [3.8, 4) is 0 Å². The smallest absolute Gasteiger partial charge is 0.251 e. The fraction of sp³-hybridized carbons (Fsp3) is 0.391. The molecular formula is C23H25Cl2FN4O. The molecule has 0 atom stereocenters. The van der Waals surface area contributed by atoms with Crippen molar-refractivity contribution in [1.29, 1.82) is 0 Å². The van der Waals surface area contributed by atoms with Gasteiger partial charge in [0.15, 0.2) is 0 Å². The van der Waals surface area contributed by atoms with E-state index in [4.69, 9.17) is 23.2 Å². The summed E-state index contributed by atoms with van der Waals surface area (Å²) in [5.74, 6) is -0.114. The van der Waals surface area contributed by atoms with E-state index < -0.39 is 5.82 Å². The quantitative estimate of drug-likeness (QED) is 0.467. The van der Waals surface area contributed by atoms with Crippen molar-refractivity contribution in [2.24, 2.45) is 12.5 Å². The Morgan fingerprint density at radius 3 is 2.45 bits per heavy atom. The normalized spacial score (nSPS) is 16.5. The molecular weight excluding hydrogens is 438 g/mol. The number of imidazole rings is 1. The first-order chi connectivity index (χ1) is 14.6. The summed E-state index contributed by atoms with van der Waals surface area (Å²) >= 11 is 12.3. The number of carbonyl (C=O) groups excluding carboxylic acids is 1. The van der Waals surface area contributed by atoms with Crippen LogP contribution >= 0.6 is 23.2 Å². The topological polar surface area (TPSA) is 59.0 Å². The van der Waals surface area contributed by atoms with E-state index in [1.54, 1.807) is 12.1 Å². The van der Waals surface area contributed by atoms with Gasteiger partial charge in [0.2, 0.25) is 5.95 Å². The summed E-state index contributed by atoms with van der Waals surface area (Å²) in [4.78, 5) is 17.4. The number of benzene rings is 2. The Morgan fingerprint density at radius 2 is 1.81 bits per heavy atom. The first-order valence-corrected chi connectivity index (χ1v) is 11.1. The largest absolute Gasteiger partial charge is 0.349 e. The molecule has 0 aliphatic heterocycles. The monoisotopic (exact) mass is 462 g/mol. The Labute approximate surface area is 190 Å². The average molecular weight is 463 g/mol. The molecule has 1 amide bonds. The van der Waals surface area contributed by atoms with Crippen LogP contribution in [0.15, 0.2) is 30.3 Å². The number of hydrogen-bond acceptors (Lipinski definition) is 3. The molecule has 5 nitrogen and oxygen atoms in total. The van der Waals surface area contributed by atoms with Gasteiger partial charge in [0.1, 0.15) is 5.82 Å². The predicted octanol–water partition coefficient (Wildman–Crippen LogP) is 6.46. The molecule has 1 aliphatic rings. The molecule has 1 saturated carbocycles. The second-order valence-corrected chi connectivity index (χ2v) is 9.79. The Bertz CT molecular complexity index is 1120. The van der Waals surface area contributed by atoms with Crippen LogP contribution in [0.1, 0.15) is 49.9 Å². The van der Waals surface area contributed by atoms with Crippen molar-refractivity contribution in [2.75, 3.05) is 5.32 Å². The van der Waals surface area contributed by atoms with Gasteiger partial charge in [-0.05, 0) is 61.4 Å². The summed E-state index contributed by atoms with van der Waals surface area (Å²) < 4.78 is 15.3. The maximum Gasteiger partial charge on any atom is 0.251 e. The highest BCUT2D eigenvalue weighted by molar-refractivity contribution is 6.39. The van der Waals surface area contributed by atoms with Crippen molar-refractivity contribution in [3.63, 3.8) is 0 Å². The number of carbonyl (C=O) groups is 1. The zero-order valence-corrected chi connectivity index (χ0v) is 19.2. The van der Waals surface area contributed by atoms with E-state index in [1.165, 1.54) is 12.1 Å². The molecule has 0 unspecified atom stereocenters. The highest BCUT2D eigenvalue weighted by atomic mass is 35.5. The van der Waals surface area contributed by atoms with E-state index >= 15 is 0 Å². The molecule has 1 aromatic heterocycles. The number of fused-ring (bicyclic) bond motifs is 1. The number of hydrogen-bond donors (Lipinski definition) is 2. The fourth-order valence-corrected chi connectivity index (χ4v) is 4.59. The van der Waals surface area contributed by atoms with E-state index in [1.807, 2.05) is 17.7 Å². The number of anilines is 2. The minimum atomic E-state index is -0.511. The van der Waals surface area contributed by atoms with E-state index in [2.05, 4.69) is 29.5 Å². The van der Waals surface area contributed by atoms with Crippen molar-refractivity contribution >= 4 is 51.8 Å². The number of aromatic nitrogens is 2. The number of aryl methyl sites for hydroxylation is 1. The molecule has 8 heteroatoms. The molecule has 0 saturated heterocycles. The Morgan fingerprint density at radius 1 is 1.16 bits per heavy atom. The van der Waals surface area contributed by atoms with Gasteiger partial charge in [-0.25, -0.2) is 9.37 Å². The van der Waals surface area contributed by atoms with E-state index in [0.29, 0.717) is 28.1 Å². The third-order valence-corrected chi connectivity index (χ3v) is 6.66. The minimum Gasteiger partial charge on any atom is -0.349 e. The molecule has 164 valence electrons. The van der Waals surface area contributed by atoms with Crippen LogP contribution in [0.25, 0.3) is 11.0 Å². The highest BCUT2D eigenvalue weighted by Gasteiger charge is 2.27. The average Bonchev–Trinajstić information content (AvgIpc) is 3.01. The maximum absolute atomic E-state index is 13.5. The fourth-order valence-electron chi connectivity index (χ4n) is 4.04. The second kappa shape index (κ2) is 8.32. The molecule has 2 N–H and O–H groups in total. The van der Waals surface area contributed by atoms with Gasteiger partial charge in [0.05, 0.1) is 26.8 Å². The van der Waals surface area contributed by atoms with E-state index in [0.717, 1.165) is 31.2 Å². The van der Waals surface area contributed by atoms with Gasteiger partial charge in [0.25, 0.3) is 5.91 Å². The van der Waals surface area contributed by atoms with Crippen LogP contribution in [0.4, 0.5) is 16.0 Å². The summed E-state index contributed by atoms with van der Waals surface area (Å²) in [5.41, 5.74) is 2.80. The predicted molar refractivity (Wildman–Crippen MR) is 124 cm³/mol. The molecule has 3 aromatic rings. The van der Waals surface area contributed by atoms with Crippen molar-refractivity contribution in [2.45, 2.75) is 45.6 Å². The van der Waals surface area contributed by atoms with Gasteiger partial charge < -0.3 is 15.2 Å². The first kappa shape index (κ1) is 21.9. The first-order valence-electron chi connectivity index (χ1n) is 10.3. The Balaban J connectivity index is 1.54. The van der Waals surface area contributed by atoms with Gasteiger partial charge >= 0.3 is 0 Å². The van der Waals surface area contributed by atoms with Gasteiger partial charge in [-0.1, -0.05) is 37.0 Å². The van der Waals surface area contributed by atoms with Crippen molar-refractivity contribution in [1.82, 2.24) is 14.9 Å². The van der Waals surface area contributed by atoms with Crippen molar-refractivity contribution < 1.29 is 9.18 Å². The van der Waals surface area contributed by atoms with Gasteiger partial charge in [-0.2, -0.15) is 0 Å². The van der Waals surface area contributed by atoms with Crippen LogP contribution in [-0.2, 0) is 7.05 Å². The third kappa shape index (κ3) is 4.65. The van der Waals surface area contributed by atoms with Crippen LogP contribution in [0, 0.1) is 11.2 Å². The summed E-state index contributed by atoms with van der Waals surface area (Å²) in [5, 5.41) is 6.55. The van der Waals surface area contributed by atoms with Crippen molar-refractivity contribution in [3.05, 3.63) is 51.8 Å².